The topological polar surface area (TPSA) is 74.0 Å². The van der Waals surface area contributed by atoms with Crippen LogP contribution in [0.2, 0.25) is 0 Å². The average Bonchev–Trinajstić information content (AvgIpc) is 2.57. The lowest BCUT2D eigenvalue weighted by molar-refractivity contribution is -0.371. The highest BCUT2D eigenvalue weighted by Gasteiger charge is 2.81. The predicted molar refractivity (Wildman–Crippen MR) is 85.5 cm³/mol. The van der Waals surface area contributed by atoms with Crippen molar-refractivity contribution in [2.45, 2.75) is 23.7 Å². The van der Waals surface area contributed by atoms with Crippen LogP contribution in [0.1, 0.15) is 0 Å². The molecule has 20 heteroatoms. The van der Waals surface area contributed by atoms with Crippen LogP contribution in [-0.4, -0.2) is 51.1 Å². The van der Waals surface area contributed by atoms with E-state index < -0.39 is 58.1 Å². The lowest BCUT2D eigenvalue weighted by Crippen LogP contribution is -2.64. The number of halogens is 10. The van der Waals surface area contributed by atoms with Gasteiger partial charge in [0.2, 0.25) is 0 Å². The normalized spacial score (nSPS) is 38.1. The minimum absolute atomic E-state index is 0.932. The number of fused-ring (bicyclic) bond motifs is 1. The van der Waals surface area contributed by atoms with E-state index in [2.05, 4.69) is 22.6 Å². The van der Waals surface area contributed by atoms with Gasteiger partial charge in [0.05, 0.1) is 0 Å². The van der Waals surface area contributed by atoms with Crippen molar-refractivity contribution in [3.05, 3.63) is 0 Å². The van der Waals surface area contributed by atoms with Gasteiger partial charge in [-0.15, -0.1) is 0 Å². The Labute approximate surface area is 162 Å². The first-order valence-corrected chi connectivity index (χ1v) is 13.2. The quantitative estimate of drug-likeness (QED) is 0.281. The minimum atomic E-state index is -6.56. The molecule has 0 aliphatic carbocycles. The molecule has 2 aliphatic rings. The van der Waals surface area contributed by atoms with E-state index >= 15 is 0 Å². The van der Waals surface area contributed by atoms with Gasteiger partial charge < -0.3 is 18.1 Å². The minimum Gasteiger partial charge on any atom is -0.310 e. The van der Waals surface area contributed by atoms with Crippen LogP contribution in [0.25, 0.3) is 0 Å². The average molecular weight is 528 g/mol. The molecule has 2 aliphatic heterocycles. The van der Waals surface area contributed by atoms with Crippen molar-refractivity contribution in [3.63, 3.8) is 0 Å². The molecule has 0 aromatic heterocycles. The van der Waals surface area contributed by atoms with E-state index in [4.69, 9.17) is 31.5 Å². The largest absolute Gasteiger partial charge is 0.380 e. The Morgan fingerprint density at radius 3 is 1.43 bits per heavy atom. The fourth-order valence-electron chi connectivity index (χ4n) is 1.76. The summed E-state index contributed by atoms with van der Waals surface area (Å²) in [6.07, 6.45) is 0. The number of alkyl halides is 8. The van der Waals surface area contributed by atoms with Crippen molar-refractivity contribution >= 4 is 43.7 Å². The third kappa shape index (κ3) is 4.03. The van der Waals surface area contributed by atoms with Gasteiger partial charge >= 0.3 is 44.9 Å². The van der Waals surface area contributed by atoms with E-state index in [1.54, 1.807) is 0 Å². The molecule has 0 saturated heterocycles. The summed E-state index contributed by atoms with van der Waals surface area (Å²) >= 11 is 11.7. The van der Waals surface area contributed by atoms with Gasteiger partial charge in [0, 0.05) is 14.2 Å². The molecule has 0 amide bonds. The van der Waals surface area contributed by atoms with Crippen molar-refractivity contribution in [1.82, 2.24) is 0 Å². The van der Waals surface area contributed by atoms with E-state index in [0.29, 0.717) is 0 Å². The van der Waals surface area contributed by atoms with Gasteiger partial charge in [-0.3, -0.25) is 0 Å². The summed E-state index contributed by atoms with van der Waals surface area (Å²) in [7, 11) is -2.06. The molecule has 28 heavy (non-hydrogen) atoms. The van der Waals surface area contributed by atoms with Crippen LogP contribution in [0.5, 0.6) is 0 Å². The maximum atomic E-state index is 13.8. The molecule has 0 unspecified atom stereocenters. The molecular formula is C8H10Cl2F8N3O4P3. The molecule has 0 aromatic rings. The number of hydrogen-bond donors (Lipinski definition) is 0. The monoisotopic (exact) mass is 527 g/mol. The van der Waals surface area contributed by atoms with Gasteiger partial charge in [0.15, 0.2) is 0 Å². The summed E-state index contributed by atoms with van der Waals surface area (Å²) in [5.74, 6) is -24.7. The SMILES string of the molecule is COP1(OC)=N[P@@]2(Cl)=N[P@@](Cl)(=N1)OCC(F)(F)C(F)(F)C(F)(F)C(F)(F)CO2. The summed E-state index contributed by atoms with van der Waals surface area (Å²) < 4.78 is 139. The fraction of sp³-hybridized carbons (Fsp3) is 1.00. The van der Waals surface area contributed by atoms with E-state index in [-0.39, 0.29) is 0 Å². The van der Waals surface area contributed by atoms with Gasteiger partial charge in [-0.25, -0.2) is 0 Å². The summed E-state index contributed by atoms with van der Waals surface area (Å²) in [6, 6.07) is 0. The predicted octanol–water partition coefficient (Wildman–Crippen LogP) is 7.20. The second kappa shape index (κ2) is 7.31. The number of nitrogens with zero attached hydrogens (tertiary/aromatic N) is 3. The Morgan fingerprint density at radius 1 is 0.714 bits per heavy atom. The molecule has 2 atom stereocenters. The lowest BCUT2D eigenvalue weighted by atomic mass is 9.99. The molecule has 0 N–H and O–H groups in total. The molecule has 0 aromatic carbocycles. The Balaban J connectivity index is 2.75. The number of hydrogen-bond acceptors (Lipinski definition) is 7. The zero-order valence-electron chi connectivity index (χ0n) is 13.5. The molecule has 7 nitrogen and oxygen atoms in total. The van der Waals surface area contributed by atoms with Crippen LogP contribution in [0.15, 0.2) is 13.5 Å². The lowest BCUT2D eigenvalue weighted by Gasteiger charge is -2.36. The molecule has 2 heterocycles. The standard InChI is InChI=1S/C8H10Cl2F8N3O4P3/c1-22-28(23-2)20-26(9)19-27(10,21-28)25-4-6(13,14)8(17,18)7(15,16)5(11,12)3-24-26/h3-4H2,1-2H3/t26-,27+. The van der Waals surface area contributed by atoms with E-state index in [0.717, 1.165) is 14.2 Å². The molecule has 0 radical (unpaired) electrons. The summed E-state index contributed by atoms with van der Waals surface area (Å²) in [5, 5.41) is 0. The Hall–Kier alpha value is 0.550. The van der Waals surface area contributed by atoms with Crippen molar-refractivity contribution < 1.29 is 53.2 Å². The van der Waals surface area contributed by atoms with Crippen LogP contribution >= 0.6 is 43.7 Å². The van der Waals surface area contributed by atoms with Gasteiger partial charge in [-0.1, -0.05) is 0 Å². The zero-order valence-corrected chi connectivity index (χ0v) is 17.7. The third-order valence-electron chi connectivity index (χ3n) is 3.28. The molecule has 2 bridgehead atoms. The third-order valence-corrected chi connectivity index (χ3v) is 13.5. The van der Waals surface area contributed by atoms with E-state index in [9.17, 15) is 35.1 Å². The maximum Gasteiger partial charge on any atom is 0.380 e. The summed E-state index contributed by atoms with van der Waals surface area (Å²) in [4.78, 5) is 0. The summed E-state index contributed by atoms with van der Waals surface area (Å²) in [6.45, 7) is -14.0. The van der Waals surface area contributed by atoms with Crippen molar-refractivity contribution in [3.8, 4) is 0 Å². The smallest absolute Gasteiger partial charge is 0.310 e. The van der Waals surface area contributed by atoms with Crippen molar-refractivity contribution in [2.24, 2.45) is 13.5 Å². The Morgan fingerprint density at radius 2 is 1.07 bits per heavy atom. The molecule has 2 rings (SSSR count). The van der Waals surface area contributed by atoms with Crippen LogP contribution in [0.3, 0.4) is 0 Å². The maximum absolute atomic E-state index is 13.8. The Bertz CT molecular complexity index is 799. The fourth-order valence-corrected chi connectivity index (χ4v) is 13.1. The highest BCUT2D eigenvalue weighted by atomic mass is 35.7. The van der Waals surface area contributed by atoms with Gasteiger partial charge in [0.25, 0.3) is 0 Å². The van der Waals surface area contributed by atoms with Gasteiger partial charge in [-0.2, -0.15) is 48.7 Å². The van der Waals surface area contributed by atoms with Crippen molar-refractivity contribution in [1.29, 1.82) is 0 Å². The second-order valence-corrected chi connectivity index (χ2v) is 14.1. The Kier molecular flexibility index (Phi) is 6.48. The van der Waals surface area contributed by atoms with E-state index in [1.807, 2.05) is 0 Å². The molecule has 166 valence electrons. The van der Waals surface area contributed by atoms with Crippen LogP contribution in [-0.2, 0) is 18.1 Å². The molecule has 0 fully saturated rings. The van der Waals surface area contributed by atoms with Gasteiger partial charge in [-0.05, 0) is 22.5 Å². The molecule has 0 saturated carbocycles. The van der Waals surface area contributed by atoms with E-state index in [1.165, 1.54) is 0 Å². The highest BCUT2D eigenvalue weighted by Crippen LogP contribution is 2.83. The van der Waals surface area contributed by atoms with Gasteiger partial charge in [0.1, 0.15) is 13.2 Å². The zero-order chi connectivity index (χ0) is 21.9. The first-order valence-electron chi connectivity index (χ1n) is 6.63. The molecular weight excluding hydrogens is 518 g/mol. The first kappa shape index (κ1) is 24.8. The highest BCUT2D eigenvalue weighted by molar-refractivity contribution is 8.00. The molecule has 0 spiro atoms. The second-order valence-electron chi connectivity index (χ2n) is 5.17. The summed E-state index contributed by atoms with van der Waals surface area (Å²) in [5.41, 5.74) is 0. The van der Waals surface area contributed by atoms with Crippen molar-refractivity contribution in [2.75, 3.05) is 27.4 Å². The van der Waals surface area contributed by atoms with Crippen LogP contribution in [0.4, 0.5) is 35.1 Å². The first-order chi connectivity index (χ1) is 12.4. The number of rotatable bonds is 2. The van der Waals surface area contributed by atoms with Crippen LogP contribution in [0, 0.1) is 0 Å². The van der Waals surface area contributed by atoms with Crippen LogP contribution < -0.4 is 0 Å².